The molecule has 0 aliphatic heterocycles. The monoisotopic (exact) mass is 746 g/mol. The smallest absolute Gasteiger partial charge is 0.164 e. The molecule has 0 unspecified atom stereocenters. The summed E-state index contributed by atoms with van der Waals surface area (Å²) in [6.07, 6.45) is 0. The van der Waals surface area contributed by atoms with Gasteiger partial charge in [-0.15, -0.1) is 11.3 Å². The van der Waals surface area contributed by atoms with Crippen LogP contribution in [0.4, 0.5) is 0 Å². The maximum Gasteiger partial charge on any atom is 0.164 e. The average molecular weight is 747 g/mol. The van der Waals surface area contributed by atoms with Crippen molar-refractivity contribution in [3.8, 4) is 51.0 Å². The summed E-state index contributed by atoms with van der Waals surface area (Å²) >= 11 is 1.79. The zero-order valence-electron chi connectivity index (χ0n) is 30.4. The lowest BCUT2D eigenvalue weighted by atomic mass is 10.0. The maximum absolute atomic E-state index is 6.71. The van der Waals surface area contributed by atoms with Crippen molar-refractivity contribution in [3.63, 3.8) is 0 Å². The van der Waals surface area contributed by atoms with Gasteiger partial charge >= 0.3 is 0 Å². The third-order valence-electron chi connectivity index (χ3n) is 11.1. The van der Waals surface area contributed by atoms with Gasteiger partial charge in [-0.05, 0) is 65.7 Å². The predicted molar refractivity (Wildman–Crippen MR) is 236 cm³/mol. The Kier molecular flexibility index (Phi) is 7.03. The van der Waals surface area contributed by atoms with Crippen molar-refractivity contribution >= 4 is 75.3 Å². The van der Waals surface area contributed by atoms with Crippen LogP contribution in [0.15, 0.2) is 186 Å². The summed E-state index contributed by atoms with van der Waals surface area (Å²) in [7, 11) is 0. The number of benzene rings is 8. The van der Waals surface area contributed by atoms with Crippen LogP contribution in [-0.2, 0) is 0 Å². The highest BCUT2D eigenvalue weighted by atomic mass is 32.1. The first-order chi connectivity index (χ1) is 28.2. The first-order valence-electron chi connectivity index (χ1n) is 19.0. The minimum Gasteiger partial charge on any atom is -0.456 e. The minimum absolute atomic E-state index is 0.588. The van der Waals surface area contributed by atoms with Gasteiger partial charge in [0.1, 0.15) is 11.2 Å². The lowest BCUT2D eigenvalue weighted by Crippen LogP contribution is -2.00. The molecule has 0 aliphatic carbocycles. The molecule has 0 N–H and O–H groups in total. The Hall–Kier alpha value is -7.41. The highest BCUT2D eigenvalue weighted by molar-refractivity contribution is 7.25. The third kappa shape index (κ3) is 5.04. The lowest BCUT2D eigenvalue weighted by Gasteiger charge is -2.10. The third-order valence-corrected chi connectivity index (χ3v) is 12.2. The molecule has 4 heterocycles. The topological polar surface area (TPSA) is 56.7 Å². The van der Waals surface area contributed by atoms with Crippen LogP contribution in [0, 0.1) is 0 Å². The quantitative estimate of drug-likeness (QED) is 0.176. The number of hydrogen-bond donors (Lipinski definition) is 0. The van der Waals surface area contributed by atoms with E-state index >= 15 is 0 Å². The Morgan fingerprint density at radius 3 is 1.88 bits per heavy atom. The Labute approximate surface area is 330 Å². The molecule has 6 heteroatoms. The van der Waals surface area contributed by atoms with E-state index in [1.54, 1.807) is 11.3 Å². The highest BCUT2D eigenvalue weighted by Gasteiger charge is 2.21. The fourth-order valence-corrected chi connectivity index (χ4v) is 9.59. The predicted octanol–water partition coefficient (Wildman–Crippen LogP) is 13.9. The Morgan fingerprint density at radius 2 is 1.04 bits per heavy atom. The lowest BCUT2D eigenvalue weighted by molar-refractivity contribution is 0.669. The molecule has 0 amide bonds. The van der Waals surface area contributed by atoms with E-state index in [9.17, 15) is 0 Å². The van der Waals surface area contributed by atoms with Crippen molar-refractivity contribution in [2.45, 2.75) is 0 Å². The second-order valence-electron chi connectivity index (χ2n) is 14.4. The van der Waals surface area contributed by atoms with Crippen molar-refractivity contribution in [2.75, 3.05) is 0 Å². The first-order valence-corrected chi connectivity index (χ1v) is 19.8. The second kappa shape index (κ2) is 12.6. The standard InChI is InChI=1S/C51H30N4OS/c1-3-12-31(13-4-1)32-22-24-33(25-23-32)49-52-50(54-51(53-49)40-18-11-21-45-46(40)39-17-8-10-20-44(39)57-45)34-26-27-38-43(30-34)56-42-29-28-37-36-16-7-9-19-41(36)55(48(37)47(38)42)35-14-5-2-6-15-35/h1-30H. The van der Waals surface area contributed by atoms with Crippen LogP contribution in [0.2, 0.25) is 0 Å². The molecule has 0 saturated carbocycles. The van der Waals surface area contributed by atoms with E-state index < -0.39 is 0 Å². The van der Waals surface area contributed by atoms with E-state index in [4.69, 9.17) is 19.4 Å². The number of aromatic nitrogens is 4. The number of thiophene rings is 1. The molecule has 0 atom stereocenters. The van der Waals surface area contributed by atoms with Crippen molar-refractivity contribution < 1.29 is 4.42 Å². The molecular weight excluding hydrogens is 717 g/mol. The van der Waals surface area contributed by atoms with E-state index in [1.807, 2.05) is 6.07 Å². The van der Waals surface area contributed by atoms with Crippen LogP contribution in [0.5, 0.6) is 0 Å². The van der Waals surface area contributed by atoms with Crippen LogP contribution in [0.3, 0.4) is 0 Å². The summed E-state index contributed by atoms with van der Waals surface area (Å²) < 4.78 is 11.5. The van der Waals surface area contributed by atoms with Crippen LogP contribution in [0.25, 0.3) is 115 Å². The summed E-state index contributed by atoms with van der Waals surface area (Å²) in [5, 5.41) is 6.88. The molecule has 57 heavy (non-hydrogen) atoms. The molecule has 0 fully saturated rings. The van der Waals surface area contributed by atoms with Crippen LogP contribution >= 0.6 is 11.3 Å². The molecule has 0 spiro atoms. The fourth-order valence-electron chi connectivity index (χ4n) is 8.46. The van der Waals surface area contributed by atoms with Gasteiger partial charge in [0.2, 0.25) is 0 Å². The molecule has 8 aromatic carbocycles. The van der Waals surface area contributed by atoms with Crippen molar-refractivity contribution in [1.82, 2.24) is 19.5 Å². The molecule has 0 saturated heterocycles. The van der Waals surface area contributed by atoms with Gasteiger partial charge in [-0.2, -0.15) is 0 Å². The molecule has 266 valence electrons. The Balaban J connectivity index is 1.07. The summed E-state index contributed by atoms with van der Waals surface area (Å²) in [4.78, 5) is 15.6. The van der Waals surface area contributed by atoms with Gasteiger partial charge in [0, 0.05) is 58.7 Å². The van der Waals surface area contributed by atoms with Crippen LogP contribution in [0.1, 0.15) is 0 Å². The summed E-state index contributed by atoms with van der Waals surface area (Å²) in [6.45, 7) is 0. The highest BCUT2D eigenvalue weighted by Crippen LogP contribution is 2.43. The Bertz CT molecular complexity index is 3510. The van der Waals surface area contributed by atoms with Gasteiger partial charge in [-0.1, -0.05) is 127 Å². The molecule has 0 bridgehead atoms. The normalized spacial score (nSPS) is 11.9. The number of para-hydroxylation sites is 2. The molecule has 0 aliphatic rings. The van der Waals surface area contributed by atoms with E-state index in [0.29, 0.717) is 17.5 Å². The number of nitrogens with zero attached hydrogens (tertiary/aromatic N) is 4. The van der Waals surface area contributed by atoms with Crippen LogP contribution < -0.4 is 0 Å². The fraction of sp³-hybridized carbons (Fsp3) is 0. The molecule has 12 aromatic rings. The second-order valence-corrected chi connectivity index (χ2v) is 15.4. The minimum atomic E-state index is 0.588. The van der Waals surface area contributed by atoms with Gasteiger partial charge in [0.15, 0.2) is 17.5 Å². The molecule has 4 aromatic heterocycles. The largest absolute Gasteiger partial charge is 0.456 e. The van der Waals surface area contributed by atoms with Gasteiger partial charge in [0.05, 0.1) is 16.4 Å². The van der Waals surface area contributed by atoms with Crippen molar-refractivity contribution in [1.29, 1.82) is 0 Å². The SMILES string of the molecule is c1ccc(-c2ccc(-c3nc(-c4ccc5c(c4)oc4ccc6c7ccccc7n(-c7ccccc7)c6c45)nc(-c4cccc5sc6ccccc6c45)n3)cc2)cc1. The zero-order valence-corrected chi connectivity index (χ0v) is 31.2. The summed E-state index contributed by atoms with van der Waals surface area (Å²) in [6, 6.07) is 63.7. The molecular formula is C51H30N4OS. The van der Waals surface area contributed by atoms with E-state index in [-0.39, 0.29) is 0 Å². The van der Waals surface area contributed by atoms with Gasteiger partial charge in [-0.3, -0.25) is 0 Å². The van der Waals surface area contributed by atoms with E-state index in [0.717, 1.165) is 71.9 Å². The number of furan rings is 1. The Morgan fingerprint density at radius 1 is 0.404 bits per heavy atom. The molecule has 12 rings (SSSR count). The summed E-state index contributed by atoms with van der Waals surface area (Å²) in [5.41, 5.74) is 10.1. The number of fused-ring (bicyclic) bond motifs is 10. The number of hydrogen-bond acceptors (Lipinski definition) is 5. The van der Waals surface area contributed by atoms with E-state index in [1.165, 1.54) is 25.6 Å². The zero-order chi connectivity index (χ0) is 37.5. The van der Waals surface area contributed by atoms with Gasteiger partial charge in [0.25, 0.3) is 0 Å². The van der Waals surface area contributed by atoms with Crippen molar-refractivity contribution in [3.05, 3.63) is 182 Å². The average Bonchev–Trinajstić information content (AvgIpc) is 3.96. The molecule has 5 nitrogen and oxygen atoms in total. The maximum atomic E-state index is 6.71. The van der Waals surface area contributed by atoms with Crippen LogP contribution in [-0.4, -0.2) is 19.5 Å². The molecule has 0 radical (unpaired) electrons. The summed E-state index contributed by atoms with van der Waals surface area (Å²) in [5.74, 6) is 1.84. The first kappa shape index (κ1) is 31.9. The van der Waals surface area contributed by atoms with Gasteiger partial charge in [-0.25, -0.2) is 15.0 Å². The van der Waals surface area contributed by atoms with E-state index in [2.05, 4.69) is 180 Å². The number of rotatable bonds is 5. The van der Waals surface area contributed by atoms with Gasteiger partial charge < -0.3 is 8.98 Å². The van der Waals surface area contributed by atoms with Crippen molar-refractivity contribution in [2.24, 2.45) is 0 Å².